The number of ether oxygens (including phenoxy) is 1. The smallest absolute Gasteiger partial charge is 0.367 e. The number of rotatable bonds is 5. The molecule has 12 heavy (non-hydrogen) atoms. The summed E-state index contributed by atoms with van der Waals surface area (Å²) < 4.78 is 4.63. The van der Waals surface area contributed by atoms with E-state index in [2.05, 4.69) is 4.74 Å². The zero-order valence-corrected chi connectivity index (χ0v) is 7.73. The second-order valence-corrected chi connectivity index (χ2v) is 3.06. The van der Waals surface area contributed by atoms with Gasteiger partial charge in [0.05, 0.1) is 6.61 Å². The second kappa shape index (κ2) is 6.97. The van der Waals surface area contributed by atoms with E-state index in [1.165, 1.54) is 0 Å². The molecule has 0 bridgehead atoms. The van der Waals surface area contributed by atoms with Crippen LogP contribution in [0.1, 0.15) is 19.8 Å². The normalized spacial score (nSPS) is 9.42. The van der Waals surface area contributed by atoms with Gasteiger partial charge in [-0.05, 0) is 25.1 Å². The number of thioether (sulfide) groups is 1. The highest BCUT2D eigenvalue weighted by molar-refractivity contribution is 8.13. The zero-order chi connectivity index (χ0) is 9.40. The predicted octanol–water partition coefficient (Wildman–Crippen LogP) is 1.74. The fraction of sp³-hybridized carbons (Fsp3) is 0.714. The van der Waals surface area contributed by atoms with Crippen molar-refractivity contribution >= 4 is 23.0 Å². The van der Waals surface area contributed by atoms with Gasteiger partial charge in [0.15, 0.2) is 0 Å². The molecule has 0 aliphatic carbocycles. The maximum Gasteiger partial charge on any atom is 0.367 e. The average molecular weight is 192 g/mol. The van der Waals surface area contributed by atoms with E-state index in [0.717, 1.165) is 11.8 Å². The first-order valence-electron chi connectivity index (χ1n) is 3.68. The van der Waals surface area contributed by atoms with Crippen LogP contribution in [0, 0.1) is 0 Å². The van der Waals surface area contributed by atoms with Gasteiger partial charge in [0, 0.05) is 12.2 Å². The number of carboxylic acids is 1. The summed E-state index contributed by atoms with van der Waals surface area (Å²) in [6.45, 7) is 2.10. The van der Waals surface area contributed by atoms with Crippen LogP contribution in [-0.2, 0) is 9.53 Å². The SMILES string of the molecule is CCOC(=O)SCCCC(=O)O. The lowest BCUT2D eigenvalue weighted by Crippen LogP contribution is -1.99. The third kappa shape index (κ3) is 7.40. The summed E-state index contributed by atoms with van der Waals surface area (Å²) in [6.07, 6.45) is 0.602. The number of hydrogen-bond donors (Lipinski definition) is 1. The van der Waals surface area contributed by atoms with E-state index >= 15 is 0 Å². The van der Waals surface area contributed by atoms with Crippen LogP contribution in [0.25, 0.3) is 0 Å². The second-order valence-electron chi connectivity index (χ2n) is 2.03. The van der Waals surface area contributed by atoms with Gasteiger partial charge in [0.1, 0.15) is 0 Å². The minimum Gasteiger partial charge on any atom is -0.481 e. The Morgan fingerprint density at radius 2 is 2.17 bits per heavy atom. The molecule has 0 saturated heterocycles. The summed E-state index contributed by atoms with van der Waals surface area (Å²) in [5.41, 5.74) is 0. The quantitative estimate of drug-likeness (QED) is 0.531. The van der Waals surface area contributed by atoms with E-state index < -0.39 is 5.97 Å². The minimum absolute atomic E-state index is 0.104. The maximum atomic E-state index is 10.7. The average Bonchev–Trinajstić information content (AvgIpc) is 1.98. The molecule has 0 heterocycles. The van der Waals surface area contributed by atoms with Gasteiger partial charge < -0.3 is 9.84 Å². The van der Waals surface area contributed by atoms with Gasteiger partial charge >= 0.3 is 11.3 Å². The Balaban J connectivity index is 3.19. The Hall–Kier alpha value is -0.710. The molecule has 1 N–H and O–H groups in total. The molecule has 0 aromatic heterocycles. The summed E-state index contributed by atoms with van der Waals surface area (Å²) in [7, 11) is 0. The van der Waals surface area contributed by atoms with Gasteiger partial charge in [0.25, 0.3) is 0 Å². The number of carbonyl (C=O) groups is 2. The Labute approximate surface area is 75.3 Å². The highest BCUT2D eigenvalue weighted by Gasteiger charge is 2.02. The van der Waals surface area contributed by atoms with E-state index in [0.29, 0.717) is 18.8 Å². The Kier molecular flexibility index (Phi) is 6.55. The molecule has 0 aliphatic rings. The van der Waals surface area contributed by atoms with Gasteiger partial charge in [0.2, 0.25) is 0 Å². The molecule has 0 aromatic rings. The molecule has 70 valence electrons. The standard InChI is InChI=1S/C7H12O4S/c1-2-11-7(10)12-5-3-4-6(8)9/h2-5H2,1H3,(H,8,9). The van der Waals surface area contributed by atoms with Crippen LogP contribution in [-0.4, -0.2) is 28.7 Å². The lowest BCUT2D eigenvalue weighted by molar-refractivity contribution is -0.137. The van der Waals surface area contributed by atoms with Crippen molar-refractivity contribution in [2.45, 2.75) is 19.8 Å². The largest absolute Gasteiger partial charge is 0.481 e. The van der Waals surface area contributed by atoms with Crippen molar-refractivity contribution in [3.63, 3.8) is 0 Å². The van der Waals surface area contributed by atoms with Gasteiger partial charge in [-0.2, -0.15) is 0 Å². The van der Waals surface area contributed by atoms with Gasteiger partial charge in [-0.3, -0.25) is 4.79 Å². The molecule has 0 rings (SSSR count). The van der Waals surface area contributed by atoms with Crippen molar-refractivity contribution in [3.05, 3.63) is 0 Å². The molecule has 0 aromatic carbocycles. The van der Waals surface area contributed by atoms with Crippen LogP contribution >= 0.6 is 11.8 Å². The molecule has 0 radical (unpaired) electrons. The van der Waals surface area contributed by atoms with Crippen molar-refractivity contribution in [1.82, 2.24) is 0 Å². The molecule has 0 spiro atoms. The van der Waals surface area contributed by atoms with Crippen LogP contribution in [0.2, 0.25) is 0 Å². The summed E-state index contributed by atoms with van der Waals surface area (Å²) in [5, 5.41) is 7.93. The maximum absolute atomic E-state index is 10.7. The topological polar surface area (TPSA) is 63.6 Å². The summed E-state index contributed by atoms with van der Waals surface area (Å²) in [4.78, 5) is 20.7. The molecule has 0 saturated carbocycles. The van der Waals surface area contributed by atoms with E-state index in [-0.39, 0.29) is 11.7 Å². The highest BCUT2D eigenvalue weighted by atomic mass is 32.2. The van der Waals surface area contributed by atoms with Crippen LogP contribution in [0.3, 0.4) is 0 Å². The molecule has 0 aliphatic heterocycles. The predicted molar refractivity (Wildman–Crippen MR) is 46.3 cm³/mol. The summed E-state index contributed by atoms with van der Waals surface area (Å²) >= 11 is 1.02. The minimum atomic E-state index is -0.834. The van der Waals surface area contributed by atoms with Crippen LogP contribution in [0.5, 0.6) is 0 Å². The van der Waals surface area contributed by atoms with Crippen molar-refractivity contribution in [1.29, 1.82) is 0 Å². The molecular weight excluding hydrogens is 180 g/mol. The van der Waals surface area contributed by atoms with Gasteiger partial charge in [-0.25, -0.2) is 4.79 Å². The summed E-state index contributed by atoms with van der Waals surface area (Å²) in [6, 6.07) is 0. The lowest BCUT2D eigenvalue weighted by atomic mass is 10.3. The summed E-state index contributed by atoms with van der Waals surface area (Å²) in [5.74, 6) is -0.329. The first kappa shape index (κ1) is 11.3. The molecular formula is C7H12O4S. The van der Waals surface area contributed by atoms with Crippen molar-refractivity contribution < 1.29 is 19.4 Å². The first-order valence-corrected chi connectivity index (χ1v) is 4.66. The van der Waals surface area contributed by atoms with E-state index in [9.17, 15) is 9.59 Å². The molecule has 5 heteroatoms. The van der Waals surface area contributed by atoms with E-state index in [4.69, 9.17) is 5.11 Å². The Morgan fingerprint density at radius 3 is 2.67 bits per heavy atom. The van der Waals surface area contributed by atoms with Crippen LogP contribution < -0.4 is 0 Å². The number of hydrogen-bond acceptors (Lipinski definition) is 4. The number of carboxylic acid groups (broad SMARTS) is 1. The van der Waals surface area contributed by atoms with E-state index in [1.807, 2.05) is 0 Å². The first-order chi connectivity index (χ1) is 5.66. The molecule has 0 atom stereocenters. The van der Waals surface area contributed by atoms with Crippen LogP contribution in [0.4, 0.5) is 4.79 Å². The molecule has 0 unspecified atom stereocenters. The number of carbonyl (C=O) groups excluding carboxylic acids is 1. The number of aliphatic carboxylic acids is 1. The third-order valence-electron chi connectivity index (χ3n) is 1.02. The fourth-order valence-corrected chi connectivity index (χ4v) is 1.19. The highest BCUT2D eigenvalue weighted by Crippen LogP contribution is 2.07. The Bertz CT molecular complexity index is 157. The van der Waals surface area contributed by atoms with Crippen molar-refractivity contribution in [3.8, 4) is 0 Å². The Morgan fingerprint density at radius 1 is 1.50 bits per heavy atom. The third-order valence-corrected chi connectivity index (χ3v) is 1.86. The fourth-order valence-electron chi connectivity index (χ4n) is 0.538. The van der Waals surface area contributed by atoms with Crippen molar-refractivity contribution in [2.24, 2.45) is 0 Å². The van der Waals surface area contributed by atoms with Gasteiger partial charge in [-0.15, -0.1) is 0 Å². The lowest BCUT2D eigenvalue weighted by Gasteiger charge is -1.98. The van der Waals surface area contributed by atoms with Crippen molar-refractivity contribution in [2.75, 3.05) is 12.4 Å². The molecule has 4 nitrogen and oxygen atoms in total. The zero-order valence-electron chi connectivity index (χ0n) is 6.91. The monoisotopic (exact) mass is 192 g/mol. The molecule has 0 fully saturated rings. The van der Waals surface area contributed by atoms with Crippen LogP contribution in [0.15, 0.2) is 0 Å². The van der Waals surface area contributed by atoms with Gasteiger partial charge in [-0.1, -0.05) is 0 Å². The van der Waals surface area contributed by atoms with E-state index in [1.54, 1.807) is 6.92 Å². The molecule has 0 amide bonds.